The molecule has 1 aliphatic rings. The number of amides is 1. The first-order valence-corrected chi connectivity index (χ1v) is 8.66. The molecule has 1 aromatic heterocycles. The number of pyridine rings is 1. The van der Waals surface area contributed by atoms with Gasteiger partial charge in [-0.1, -0.05) is 12.1 Å². The van der Waals surface area contributed by atoms with Crippen LogP contribution >= 0.6 is 0 Å². The van der Waals surface area contributed by atoms with E-state index < -0.39 is 6.09 Å². The Kier molecular flexibility index (Phi) is 5.58. The fraction of sp³-hybridized carbons (Fsp3) is 0.368. The molecule has 3 N–H and O–H groups in total. The van der Waals surface area contributed by atoms with E-state index >= 15 is 0 Å². The van der Waals surface area contributed by atoms with Crippen LogP contribution in [0.3, 0.4) is 0 Å². The maximum atomic E-state index is 12.0. The zero-order chi connectivity index (χ0) is 18.5. The molecule has 0 radical (unpaired) electrons. The number of aryl methyl sites for hydroxylation is 1. The van der Waals surface area contributed by atoms with Crippen LogP contribution in [0.5, 0.6) is 11.5 Å². The highest BCUT2D eigenvalue weighted by molar-refractivity contribution is 5.66. The van der Waals surface area contributed by atoms with Crippen molar-refractivity contribution in [2.75, 3.05) is 13.1 Å². The number of nitrogens with one attached hydrogen (secondary N) is 1. The molecule has 0 bridgehead atoms. The van der Waals surface area contributed by atoms with Crippen LogP contribution in [0.15, 0.2) is 36.5 Å². The van der Waals surface area contributed by atoms with Crippen molar-refractivity contribution in [3.63, 3.8) is 0 Å². The highest BCUT2D eigenvalue weighted by Crippen LogP contribution is 2.35. The number of aromatic hydroxyl groups is 2. The monoisotopic (exact) mass is 357 g/mol. The van der Waals surface area contributed by atoms with Crippen LogP contribution < -0.4 is 5.32 Å². The number of benzene rings is 1. The molecule has 1 aliphatic heterocycles. The van der Waals surface area contributed by atoms with Gasteiger partial charge in [0.2, 0.25) is 0 Å². The summed E-state index contributed by atoms with van der Waals surface area (Å²) >= 11 is 0. The van der Waals surface area contributed by atoms with Gasteiger partial charge in [-0.25, -0.2) is 4.79 Å². The lowest BCUT2D eigenvalue weighted by Gasteiger charge is -2.30. The second kappa shape index (κ2) is 8.05. The van der Waals surface area contributed by atoms with Gasteiger partial charge in [-0.3, -0.25) is 4.98 Å². The summed E-state index contributed by atoms with van der Waals surface area (Å²) in [4.78, 5) is 21.5. The molecule has 7 nitrogen and oxygen atoms in total. The molecule has 0 atom stereocenters. The number of hydrogen-bond acceptors (Lipinski definition) is 6. The van der Waals surface area contributed by atoms with Crippen LogP contribution in [-0.2, 0) is 11.4 Å². The number of phenolic OH excluding ortho intramolecular Hbond substituents is 2. The minimum atomic E-state index is -0.487. The number of aromatic nitrogens is 1. The first-order valence-electron chi connectivity index (χ1n) is 8.66. The summed E-state index contributed by atoms with van der Waals surface area (Å²) in [5.74, 6) is 0.332. The van der Waals surface area contributed by atoms with Crippen molar-refractivity contribution < 1.29 is 19.8 Å². The van der Waals surface area contributed by atoms with E-state index in [1.165, 1.54) is 6.07 Å². The standard InChI is InChI=1S/C19H23N3O4/c1-13-15(3-2-8-20-13)12-21-19(25)26-22-9-6-14(7-10-22)17-5-4-16(23)11-18(17)24/h2-5,8,11,14,23-24H,6-7,9-10,12H2,1H3,(H,21,25). The quantitative estimate of drug-likeness (QED) is 0.779. The number of phenols is 2. The molecular formula is C19H23N3O4. The van der Waals surface area contributed by atoms with E-state index in [4.69, 9.17) is 4.84 Å². The van der Waals surface area contributed by atoms with E-state index in [0.29, 0.717) is 19.6 Å². The number of piperidine rings is 1. The van der Waals surface area contributed by atoms with Gasteiger partial charge in [-0.2, -0.15) is 0 Å². The van der Waals surface area contributed by atoms with Crippen LogP contribution in [0, 0.1) is 6.92 Å². The lowest BCUT2D eigenvalue weighted by molar-refractivity contribution is -0.113. The lowest BCUT2D eigenvalue weighted by Crippen LogP contribution is -2.38. The second-order valence-corrected chi connectivity index (χ2v) is 6.43. The smallest absolute Gasteiger partial charge is 0.426 e. The van der Waals surface area contributed by atoms with E-state index in [2.05, 4.69) is 10.3 Å². The first kappa shape index (κ1) is 18.0. The third-order valence-corrected chi connectivity index (χ3v) is 4.66. The zero-order valence-electron chi connectivity index (χ0n) is 14.7. The molecule has 1 saturated heterocycles. The van der Waals surface area contributed by atoms with Crippen LogP contribution in [0.2, 0.25) is 0 Å². The highest BCUT2D eigenvalue weighted by Gasteiger charge is 2.25. The Morgan fingerprint density at radius 3 is 2.77 bits per heavy atom. The Hall–Kier alpha value is -2.80. The average Bonchev–Trinajstić information content (AvgIpc) is 2.62. The molecule has 2 heterocycles. The molecular weight excluding hydrogens is 334 g/mol. The molecule has 1 amide bonds. The van der Waals surface area contributed by atoms with Gasteiger partial charge in [0.05, 0.1) is 0 Å². The van der Waals surface area contributed by atoms with Gasteiger partial charge < -0.3 is 20.4 Å². The van der Waals surface area contributed by atoms with E-state index in [1.54, 1.807) is 23.4 Å². The Labute approximate surface area is 152 Å². The predicted molar refractivity (Wildman–Crippen MR) is 95.6 cm³/mol. The summed E-state index contributed by atoms with van der Waals surface area (Å²) in [5, 5.41) is 23.7. The fourth-order valence-electron chi connectivity index (χ4n) is 3.16. The van der Waals surface area contributed by atoms with Crippen LogP contribution in [-0.4, -0.2) is 39.4 Å². The Bertz CT molecular complexity index is 773. The van der Waals surface area contributed by atoms with Gasteiger partial charge in [0, 0.05) is 37.6 Å². The largest absolute Gasteiger partial charge is 0.508 e. The SMILES string of the molecule is Cc1ncccc1CNC(=O)ON1CCC(c2ccc(O)cc2O)CC1. The highest BCUT2D eigenvalue weighted by atomic mass is 16.7. The molecule has 0 unspecified atom stereocenters. The van der Waals surface area contributed by atoms with Gasteiger partial charge in [0.15, 0.2) is 0 Å². The van der Waals surface area contributed by atoms with E-state index in [9.17, 15) is 15.0 Å². The average molecular weight is 357 g/mol. The summed E-state index contributed by atoms with van der Waals surface area (Å²) in [5.41, 5.74) is 2.65. The van der Waals surface area contributed by atoms with Crippen molar-refractivity contribution >= 4 is 6.09 Å². The summed E-state index contributed by atoms with van der Waals surface area (Å²) in [6, 6.07) is 8.42. The van der Waals surface area contributed by atoms with Crippen molar-refractivity contribution in [3.8, 4) is 11.5 Å². The Morgan fingerprint density at radius 1 is 1.31 bits per heavy atom. The van der Waals surface area contributed by atoms with E-state index in [-0.39, 0.29) is 17.4 Å². The van der Waals surface area contributed by atoms with Crippen molar-refractivity contribution in [2.45, 2.75) is 32.2 Å². The number of carbonyl (C=O) groups is 1. The number of hydrogen-bond donors (Lipinski definition) is 3. The molecule has 1 aromatic carbocycles. The van der Waals surface area contributed by atoms with Gasteiger partial charge in [-0.05, 0) is 48.9 Å². The summed E-state index contributed by atoms with van der Waals surface area (Å²) < 4.78 is 0. The van der Waals surface area contributed by atoms with Gasteiger partial charge >= 0.3 is 6.09 Å². The third-order valence-electron chi connectivity index (χ3n) is 4.66. The molecule has 138 valence electrons. The summed E-state index contributed by atoms with van der Waals surface area (Å²) in [7, 11) is 0. The zero-order valence-corrected chi connectivity index (χ0v) is 14.7. The Morgan fingerprint density at radius 2 is 2.08 bits per heavy atom. The number of carbonyl (C=O) groups excluding carboxylic acids is 1. The first-order chi connectivity index (χ1) is 12.5. The maximum Gasteiger partial charge on any atom is 0.426 e. The third kappa shape index (κ3) is 4.43. The van der Waals surface area contributed by atoms with Crippen LogP contribution in [0.25, 0.3) is 0 Å². The molecule has 2 aromatic rings. The molecule has 0 saturated carbocycles. The molecule has 1 fully saturated rings. The van der Waals surface area contributed by atoms with Crippen molar-refractivity contribution in [1.29, 1.82) is 0 Å². The number of nitrogens with zero attached hydrogens (tertiary/aromatic N) is 2. The van der Waals surface area contributed by atoms with Crippen LogP contribution in [0.1, 0.15) is 35.6 Å². The molecule has 0 spiro atoms. The minimum absolute atomic E-state index is 0.0487. The fourth-order valence-corrected chi connectivity index (χ4v) is 3.16. The predicted octanol–water partition coefficient (Wildman–Crippen LogP) is 2.82. The molecule has 3 rings (SSSR count). The van der Waals surface area contributed by atoms with E-state index in [1.807, 2.05) is 19.1 Å². The second-order valence-electron chi connectivity index (χ2n) is 6.43. The number of hydroxylamine groups is 2. The maximum absolute atomic E-state index is 12.0. The molecule has 26 heavy (non-hydrogen) atoms. The summed E-state index contributed by atoms with van der Waals surface area (Å²) in [6.45, 7) is 3.44. The van der Waals surface area contributed by atoms with Crippen molar-refractivity contribution in [3.05, 3.63) is 53.3 Å². The summed E-state index contributed by atoms with van der Waals surface area (Å²) in [6.07, 6.45) is 2.74. The van der Waals surface area contributed by atoms with Gasteiger partial charge in [0.25, 0.3) is 0 Å². The van der Waals surface area contributed by atoms with E-state index in [0.717, 1.165) is 29.7 Å². The van der Waals surface area contributed by atoms with Gasteiger partial charge in [0.1, 0.15) is 11.5 Å². The minimum Gasteiger partial charge on any atom is -0.508 e. The molecule has 0 aliphatic carbocycles. The Balaban J connectivity index is 1.46. The normalized spacial score (nSPS) is 15.6. The molecule has 7 heteroatoms. The topological polar surface area (TPSA) is 94.9 Å². The lowest BCUT2D eigenvalue weighted by atomic mass is 9.89. The van der Waals surface area contributed by atoms with Crippen molar-refractivity contribution in [2.24, 2.45) is 0 Å². The van der Waals surface area contributed by atoms with Crippen molar-refractivity contribution in [1.82, 2.24) is 15.4 Å². The van der Waals surface area contributed by atoms with Gasteiger partial charge in [-0.15, -0.1) is 5.06 Å². The van der Waals surface area contributed by atoms with Crippen LogP contribution in [0.4, 0.5) is 4.79 Å². The number of rotatable bonds is 4.